The quantitative estimate of drug-likeness (QED) is 0.840. The lowest BCUT2D eigenvalue weighted by Crippen LogP contribution is -2.19. The van der Waals surface area contributed by atoms with Crippen LogP contribution in [0.25, 0.3) is 0 Å². The van der Waals surface area contributed by atoms with Crippen LogP contribution in [-0.4, -0.2) is 9.97 Å². The molecule has 0 radical (unpaired) electrons. The zero-order chi connectivity index (χ0) is 14.1. The third-order valence-corrected chi connectivity index (χ3v) is 4.25. The summed E-state index contributed by atoms with van der Waals surface area (Å²) in [6, 6.07) is 8.94. The molecule has 20 heavy (non-hydrogen) atoms. The molecule has 3 rings (SSSR count). The molecule has 1 aromatic carbocycles. The summed E-state index contributed by atoms with van der Waals surface area (Å²) < 4.78 is 0. The molecular formula is C16H18ClN3. The molecule has 1 aromatic heterocycles. The van der Waals surface area contributed by atoms with Crippen molar-refractivity contribution >= 4 is 17.4 Å². The number of rotatable bonds is 2. The van der Waals surface area contributed by atoms with Crippen molar-refractivity contribution < 1.29 is 0 Å². The van der Waals surface area contributed by atoms with Crippen molar-refractivity contribution in [2.45, 2.75) is 39.2 Å². The zero-order valence-corrected chi connectivity index (χ0v) is 12.5. The molecule has 0 saturated carbocycles. The molecule has 1 aliphatic rings. The Balaban J connectivity index is 1.93. The van der Waals surface area contributed by atoms with E-state index in [1.807, 2.05) is 13.8 Å². The number of aromatic nitrogens is 2. The monoisotopic (exact) mass is 287 g/mol. The lowest BCUT2D eigenvalue weighted by molar-refractivity contribution is 0.598. The van der Waals surface area contributed by atoms with Gasteiger partial charge in [0.15, 0.2) is 0 Å². The van der Waals surface area contributed by atoms with Gasteiger partial charge in [-0.1, -0.05) is 35.9 Å². The number of nitrogens with zero attached hydrogens (tertiary/aromatic N) is 2. The van der Waals surface area contributed by atoms with Crippen LogP contribution < -0.4 is 5.32 Å². The molecule has 0 spiro atoms. The van der Waals surface area contributed by atoms with Crippen molar-refractivity contribution in [2.75, 3.05) is 5.32 Å². The molecular weight excluding hydrogens is 270 g/mol. The predicted molar refractivity (Wildman–Crippen MR) is 82.3 cm³/mol. The molecule has 0 amide bonds. The van der Waals surface area contributed by atoms with Crippen LogP contribution in [0.4, 0.5) is 5.82 Å². The van der Waals surface area contributed by atoms with E-state index in [1.54, 1.807) is 0 Å². The Labute approximate surface area is 124 Å². The number of hydrogen-bond acceptors (Lipinski definition) is 3. The van der Waals surface area contributed by atoms with Gasteiger partial charge in [0, 0.05) is 5.56 Å². The van der Waals surface area contributed by atoms with Gasteiger partial charge in [0.25, 0.3) is 0 Å². The van der Waals surface area contributed by atoms with Crippen molar-refractivity contribution in [3.05, 3.63) is 51.9 Å². The largest absolute Gasteiger partial charge is 0.363 e. The van der Waals surface area contributed by atoms with Crippen LogP contribution in [0.5, 0.6) is 0 Å². The summed E-state index contributed by atoms with van der Waals surface area (Å²) in [6.07, 6.45) is 3.49. The standard InChI is InChI=1S/C16H18ClN3/c1-10-15(17)18-11(2)19-16(10)20-14-9-5-7-12-6-3-4-8-13(12)14/h3-4,6,8,14H,5,7,9H2,1-2H3,(H,18,19,20). The van der Waals surface area contributed by atoms with Gasteiger partial charge in [0.2, 0.25) is 0 Å². The Morgan fingerprint density at radius 2 is 2.00 bits per heavy atom. The van der Waals surface area contributed by atoms with Crippen molar-refractivity contribution in [1.82, 2.24) is 9.97 Å². The van der Waals surface area contributed by atoms with Gasteiger partial charge in [0.1, 0.15) is 16.8 Å². The van der Waals surface area contributed by atoms with Gasteiger partial charge in [0.05, 0.1) is 6.04 Å². The molecule has 1 aliphatic carbocycles. The highest BCUT2D eigenvalue weighted by atomic mass is 35.5. The number of nitrogens with one attached hydrogen (secondary N) is 1. The molecule has 3 nitrogen and oxygen atoms in total. The number of aryl methyl sites for hydroxylation is 2. The molecule has 0 saturated heterocycles. The van der Waals surface area contributed by atoms with Crippen molar-refractivity contribution in [3.8, 4) is 0 Å². The number of hydrogen-bond donors (Lipinski definition) is 1. The minimum atomic E-state index is 0.309. The number of halogens is 1. The van der Waals surface area contributed by atoms with Crippen LogP contribution in [-0.2, 0) is 6.42 Å². The van der Waals surface area contributed by atoms with Gasteiger partial charge in [-0.15, -0.1) is 0 Å². The second-order valence-corrected chi connectivity index (χ2v) is 5.68. The summed E-state index contributed by atoms with van der Waals surface area (Å²) in [5.41, 5.74) is 3.73. The maximum Gasteiger partial charge on any atom is 0.137 e. The van der Waals surface area contributed by atoms with E-state index in [4.69, 9.17) is 11.6 Å². The number of anilines is 1. The summed E-state index contributed by atoms with van der Waals surface area (Å²) in [5.74, 6) is 1.55. The van der Waals surface area contributed by atoms with Gasteiger partial charge in [-0.2, -0.15) is 0 Å². The van der Waals surface area contributed by atoms with Crippen molar-refractivity contribution in [1.29, 1.82) is 0 Å². The highest BCUT2D eigenvalue weighted by Crippen LogP contribution is 2.33. The maximum atomic E-state index is 6.15. The second-order valence-electron chi connectivity index (χ2n) is 5.32. The summed E-state index contributed by atoms with van der Waals surface area (Å²) in [5, 5.41) is 4.08. The Morgan fingerprint density at radius 1 is 1.20 bits per heavy atom. The Bertz CT molecular complexity index is 640. The molecule has 1 N–H and O–H groups in total. The van der Waals surface area contributed by atoms with Gasteiger partial charge >= 0.3 is 0 Å². The van der Waals surface area contributed by atoms with Crippen LogP contribution in [0.15, 0.2) is 24.3 Å². The van der Waals surface area contributed by atoms with E-state index in [1.165, 1.54) is 17.5 Å². The minimum Gasteiger partial charge on any atom is -0.363 e. The minimum absolute atomic E-state index is 0.309. The Kier molecular flexibility index (Phi) is 3.62. The van der Waals surface area contributed by atoms with Gasteiger partial charge in [-0.25, -0.2) is 9.97 Å². The van der Waals surface area contributed by atoms with Crippen molar-refractivity contribution in [2.24, 2.45) is 0 Å². The Hall–Kier alpha value is -1.61. The zero-order valence-electron chi connectivity index (χ0n) is 11.8. The van der Waals surface area contributed by atoms with Crippen molar-refractivity contribution in [3.63, 3.8) is 0 Å². The van der Waals surface area contributed by atoms with Crippen LogP contribution in [0.2, 0.25) is 5.15 Å². The van der Waals surface area contributed by atoms with E-state index < -0.39 is 0 Å². The fraction of sp³-hybridized carbons (Fsp3) is 0.375. The molecule has 1 unspecified atom stereocenters. The van der Waals surface area contributed by atoms with Crippen LogP contribution in [0.1, 0.15) is 41.4 Å². The average Bonchev–Trinajstić information content (AvgIpc) is 2.44. The third kappa shape index (κ3) is 2.50. The fourth-order valence-corrected chi connectivity index (χ4v) is 3.02. The number of fused-ring (bicyclic) bond motifs is 1. The molecule has 0 fully saturated rings. The first-order chi connectivity index (χ1) is 9.65. The number of benzene rings is 1. The third-order valence-electron chi connectivity index (χ3n) is 3.88. The summed E-state index contributed by atoms with van der Waals surface area (Å²) in [4.78, 5) is 8.68. The summed E-state index contributed by atoms with van der Waals surface area (Å²) in [6.45, 7) is 3.82. The van der Waals surface area contributed by atoms with E-state index in [0.717, 1.165) is 24.2 Å². The first kappa shape index (κ1) is 13.4. The van der Waals surface area contributed by atoms with E-state index in [-0.39, 0.29) is 0 Å². The first-order valence-corrected chi connectivity index (χ1v) is 7.38. The molecule has 0 bridgehead atoms. The molecule has 1 atom stereocenters. The highest BCUT2D eigenvalue weighted by molar-refractivity contribution is 6.30. The van der Waals surface area contributed by atoms with Gasteiger partial charge in [-0.3, -0.25) is 0 Å². The van der Waals surface area contributed by atoms with Crippen LogP contribution >= 0.6 is 11.6 Å². The summed E-state index contributed by atoms with van der Waals surface area (Å²) >= 11 is 6.15. The lowest BCUT2D eigenvalue weighted by Gasteiger charge is -2.27. The molecule has 0 aliphatic heterocycles. The molecule has 4 heteroatoms. The molecule has 104 valence electrons. The highest BCUT2D eigenvalue weighted by Gasteiger charge is 2.21. The van der Waals surface area contributed by atoms with E-state index >= 15 is 0 Å². The van der Waals surface area contributed by atoms with Crippen LogP contribution in [0.3, 0.4) is 0 Å². The lowest BCUT2D eigenvalue weighted by atomic mass is 9.88. The van der Waals surface area contributed by atoms with Gasteiger partial charge in [-0.05, 0) is 44.2 Å². The smallest absolute Gasteiger partial charge is 0.137 e. The normalized spacial score (nSPS) is 17.6. The summed E-state index contributed by atoms with van der Waals surface area (Å²) in [7, 11) is 0. The fourth-order valence-electron chi connectivity index (χ4n) is 2.80. The average molecular weight is 288 g/mol. The first-order valence-electron chi connectivity index (χ1n) is 7.00. The predicted octanol–water partition coefficient (Wildman–Crippen LogP) is 4.24. The van der Waals surface area contributed by atoms with Crippen LogP contribution in [0, 0.1) is 13.8 Å². The van der Waals surface area contributed by atoms with E-state index in [2.05, 4.69) is 39.6 Å². The van der Waals surface area contributed by atoms with E-state index in [9.17, 15) is 0 Å². The molecule has 1 heterocycles. The van der Waals surface area contributed by atoms with Gasteiger partial charge < -0.3 is 5.32 Å². The molecule has 2 aromatic rings. The second kappa shape index (κ2) is 5.41. The Morgan fingerprint density at radius 3 is 2.85 bits per heavy atom. The van der Waals surface area contributed by atoms with E-state index in [0.29, 0.717) is 17.0 Å². The SMILES string of the molecule is Cc1nc(Cl)c(C)c(NC2CCCc3ccccc32)n1. The topological polar surface area (TPSA) is 37.8 Å². The maximum absolute atomic E-state index is 6.15.